The third-order valence-corrected chi connectivity index (χ3v) is 3.49. The molecule has 0 aliphatic rings. The van der Waals surface area contributed by atoms with Crippen LogP contribution in [-0.2, 0) is 0 Å². The number of halogens is 2. The Kier molecular flexibility index (Phi) is 3.91. The van der Waals surface area contributed by atoms with Crippen LogP contribution in [0.4, 0.5) is 10.1 Å². The number of nitrogens with zero attached hydrogens (tertiary/aromatic N) is 2. The number of aliphatic hydroxyl groups is 1. The van der Waals surface area contributed by atoms with Crippen molar-refractivity contribution in [3.8, 4) is 0 Å². The van der Waals surface area contributed by atoms with Crippen LogP contribution in [0.3, 0.4) is 0 Å². The molecule has 0 saturated carbocycles. The highest BCUT2D eigenvalue weighted by atomic mass is 79.9. The predicted octanol–water partition coefficient (Wildman–Crippen LogP) is 3.03. The van der Waals surface area contributed by atoms with Crippen LogP contribution in [0.25, 0.3) is 0 Å². The van der Waals surface area contributed by atoms with E-state index in [1.807, 2.05) is 13.8 Å². The minimum atomic E-state index is -1.03. The van der Waals surface area contributed by atoms with E-state index < -0.39 is 11.9 Å². The van der Waals surface area contributed by atoms with Gasteiger partial charge in [0, 0.05) is 17.3 Å². The number of nitrogens with two attached hydrogens (primary N) is 1. The summed E-state index contributed by atoms with van der Waals surface area (Å²) < 4.78 is 15.7. The molecule has 0 aliphatic carbocycles. The van der Waals surface area contributed by atoms with Gasteiger partial charge in [0.25, 0.3) is 0 Å². The van der Waals surface area contributed by atoms with Crippen LogP contribution in [0.5, 0.6) is 0 Å². The average molecular weight is 328 g/mol. The minimum Gasteiger partial charge on any atom is -0.398 e. The van der Waals surface area contributed by atoms with Crippen LogP contribution >= 0.6 is 15.9 Å². The zero-order valence-corrected chi connectivity index (χ0v) is 12.2. The second-order valence-electron chi connectivity index (χ2n) is 4.59. The fourth-order valence-corrected chi connectivity index (χ4v) is 2.44. The second kappa shape index (κ2) is 5.30. The second-order valence-corrected chi connectivity index (χ2v) is 5.45. The van der Waals surface area contributed by atoms with Crippen LogP contribution in [0, 0.1) is 5.82 Å². The summed E-state index contributed by atoms with van der Waals surface area (Å²) in [5.41, 5.74) is 7.04. The molecule has 0 fully saturated rings. The van der Waals surface area contributed by atoms with Gasteiger partial charge in [-0.05, 0) is 48.0 Å². The van der Waals surface area contributed by atoms with E-state index >= 15 is 0 Å². The Morgan fingerprint density at radius 3 is 2.74 bits per heavy atom. The highest BCUT2D eigenvalue weighted by Gasteiger charge is 2.23. The van der Waals surface area contributed by atoms with Crippen molar-refractivity contribution in [3.05, 3.63) is 45.9 Å². The number of rotatable bonds is 3. The van der Waals surface area contributed by atoms with Crippen LogP contribution < -0.4 is 5.73 Å². The molecule has 4 nitrogen and oxygen atoms in total. The van der Waals surface area contributed by atoms with E-state index in [-0.39, 0.29) is 6.04 Å². The lowest BCUT2D eigenvalue weighted by Crippen LogP contribution is -2.14. The number of hydrogen-bond acceptors (Lipinski definition) is 3. The maximum Gasteiger partial charge on any atom is 0.124 e. The molecule has 2 rings (SSSR count). The highest BCUT2D eigenvalue weighted by molar-refractivity contribution is 9.10. The third kappa shape index (κ3) is 2.64. The van der Waals surface area contributed by atoms with Crippen molar-refractivity contribution in [2.24, 2.45) is 0 Å². The Morgan fingerprint density at radius 1 is 1.42 bits per heavy atom. The summed E-state index contributed by atoms with van der Waals surface area (Å²) in [5.74, 6) is -0.435. The van der Waals surface area contributed by atoms with Gasteiger partial charge in [-0.3, -0.25) is 4.68 Å². The Bertz CT molecular complexity index is 598. The summed E-state index contributed by atoms with van der Waals surface area (Å²) in [4.78, 5) is 0. The molecule has 6 heteroatoms. The van der Waals surface area contributed by atoms with E-state index in [0.29, 0.717) is 21.4 Å². The molecule has 0 spiro atoms. The molecule has 0 radical (unpaired) electrons. The van der Waals surface area contributed by atoms with Gasteiger partial charge in [-0.2, -0.15) is 5.10 Å². The first kappa shape index (κ1) is 14.0. The molecule has 0 amide bonds. The fraction of sp³-hybridized carbons (Fsp3) is 0.308. The lowest BCUT2D eigenvalue weighted by Gasteiger charge is -2.18. The summed E-state index contributed by atoms with van der Waals surface area (Å²) in [7, 11) is 0. The molecule has 1 unspecified atom stereocenters. The molecule has 1 aromatic heterocycles. The van der Waals surface area contributed by atoms with Crippen molar-refractivity contribution in [2.75, 3.05) is 5.73 Å². The number of aromatic nitrogens is 2. The van der Waals surface area contributed by atoms with Crippen molar-refractivity contribution in [1.29, 1.82) is 0 Å². The number of nitrogen functional groups attached to an aromatic ring is 1. The Morgan fingerprint density at radius 2 is 2.11 bits per heavy atom. The monoisotopic (exact) mass is 327 g/mol. The smallest absolute Gasteiger partial charge is 0.124 e. The molecule has 1 heterocycles. The molecule has 1 atom stereocenters. The third-order valence-electron chi connectivity index (χ3n) is 2.88. The first-order valence-corrected chi connectivity index (χ1v) is 6.67. The van der Waals surface area contributed by atoms with Gasteiger partial charge < -0.3 is 10.8 Å². The number of aliphatic hydroxyl groups excluding tert-OH is 1. The summed E-state index contributed by atoms with van der Waals surface area (Å²) in [6.07, 6.45) is 0.573. The van der Waals surface area contributed by atoms with Crippen molar-refractivity contribution in [1.82, 2.24) is 9.78 Å². The van der Waals surface area contributed by atoms with Crippen LogP contribution in [0.2, 0.25) is 0 Å². The predicted molar refractivity (Wildman–Crippen MR) is 75.2 cm³/mol. The minimum absolute atomic E-state index is 0.0748. The van der Waals surface area contributed by atoms with Gasteiger partial charge >= 0.3 is 0 Å². The quantitative estimate of drug-likeness (QED) is 0.851. The Labute approximate surface area is 119 Å². The molecule has 0 bridgehead atoms. The van der Waals surface area contributed by atoms with Gasteiger partial charge in [0.15, 0.2) is 0 Å². The Balaban J connectivity index is 2.52. The van der Waals surface area contributed by atoms with E-state index in [4.69, 9.17) is 5.73 Å². The largest absolute Gasteiger partial charge is 0.398 e. The molecule has 102 valence electrons. The van der Waals surface area contributed by atoms with Crippen molar-refractivity contribution < 1.29 is 9.50 Å². The van der Waals surface area contributed by atoms with E-state index in [9.17, 15) is 9.50 Å². The molecule has 0 aliphatic heterocycles. The standard InChI is InChI=1S/C13H15BrFN3O/c1-7(2)18-12(10(14)6-17-18)13(19)9-5-8(15)3-4-11(9)16/h3-7,13,19H,16H2,1-2H3. The van der Waals surface area contributed by atoms with Crippen molar-refractivity contribution in [2.45, 2.75) is 26.0 Å². The molecule has 19 heavy (non-hydrogen) atoms. The normalized spacial score (nSPS) is 12.9. The Hall–Kier alpha value is -1.40. The van der Waals surface area contributed by atoms with Crippen molar-refractivity contribution >= 4 is 21.6 Å². The fourth-order valence-electron chi connectivity index (χ4n) is 1.95. The average Bonchev–Trinajstić information content (AvgIpc) is 2.73. The summed E-state index contributed by atoms with van der Waals surface area (Å²) in [6.45, 7) is 3.90. The molecule has 2 aromatic rings. The topological polar surface area (TPSA) is 64.1 Å². The maximum absolute atomic E-state index is 13.3. The van der Waals surface area contributed by atoms with Crippen molar-refractivity contribution in [3.63, 3.8) is 0 Å². The van der Waals surface area contributed by atoms with Gasteiger partial charge in [0.2, 0.25) is 0 Å². The van der Waals surface area contributed by atoms with Gasteiger partial charge in [-0.15, -0.1) is 0 Å². The van der Waals surface area contributed by atoms with E-state index in [1.54, 1.807) is 10.9 Å². The first-order chi connectivity index (χ1) is 8.91. The van der Waals surface area contributed by atoms with Crippen LogP contribution in [0.15, 0.2) is 28.9 Å². The SMILES string of the molecule is CC(C)n1ncc(Br)c1C(O)c1cc(F)ccc1N. The van der Waals surface area contributed by atoms with E-state index in [1.165, 1.54) is 18.2 Å². The van der Waals surface area contributed by atoms with Crippen LogP contribution in [0.1, 0.15) is 37.3 Å². The summed E-state index contributed by atoms with van der Waals surface area (Å²) in [6, 6.07) is 4.02. The zero-order chi connectivity index (χ0) is 14.2. The first-order valence-electron chi connectivity index (χ1n) is 5.87. The lowest BCUT2D eigenvalue weighted by molar-refractivity contribution is 0.204. The van der Waals surface area contributed by atoms with Gasteiger partial charge in [-0.1, -0.05) is 0 Å². The summed E-state index contributed by atoms with van der Waals surface area (Å²) in [5, 5.41) is 14.6. The molecular formula is C13H15BrFN3O. The number of anilines is 1. The highest BCUT2D eigenvalue weighted by Crippen LogP contribution is 2.33. The van der Waals surface area contributed by atoms with Gasteiger partial charge in [0.05, 0.1) is 16.4 Å². The number of hydrogen-bond donors (Lipinski definition) is 2. The van der Waals surface area contributed by atoms with E-state index in [0.717, 1.165) is 0 Å². The molecular weight excluding hydrogens is 313 g/mol. The molecule has 3 N–H and O–H groups in total. The number of benzene rings is 1. The van der Waals surface area contributed by atoms with Gasteiger partial charge in [-0.25, -0.2) is 4.39 Å². The summed E-state index contributed by atoms with van der Waals surface area (Å²) >= 11 is 3.35. The maximum atomic E-state index is 13.3. The van der Waals surface area contributed by atoms with Crippen LogP contribution in [-0.4, -0.2) is 14.9 Å². The molecule has 1 aromatic carbocycles. The van der Waals surface area contributed by atoms with E-state index in [2.05, 4.69) is 21.0 Å². The van der Waals surface area contributed by atoms with Gasteiger partial charge in [0.1, 0.15) is 11.9 Å². The molecule has 0 saturated heterocycles. The zero-order valence-electron chi connectivity index (χ0n) is 10.6. The lowest BCUT2D eigenvalue weighted by atomic mass is 10.0.